The van der Waals surface area contributed by atoms with Gasteiger partial charge in [-0.15, -0.1) is 0 Å². The molecule has 0 radical (unpaired) electrons. The third kappa shape index (κ3) is 10.2. The molecule has 5 heteroatoms. The lowest BCUT2D eigenvalue weighted by Crippen LogP contribution is -2.59. The zero-order valence-electron chi connectivity index (χ0n) is 18.8. The molecule has 1 aliphatic heterocycles. The van der Waals surface area contributed by atoms with Crippen molar-refractivity contribution in [1.82, 2.24) is 0 Å². The fourth-order valence-corrected chi connectivity index (χ4v) is 3.94. The summed E-state index contributed by atoms with van der Waals surface area (Å²) in [5.41, 5.74) is 6.10. The van der Waals surface area contributed by atoms with Crippen molar-refractivity contribution >= 4 is 11.8 Å². The number of quaternary nitrogens is 1. The van der Waals surface area contributed by atoms with E-state index in [1.165, 1.54) is 77.0 Å². The van der Waals surface area contributed by atoms with Crippen molar-refractivity contribution in [2.75, 3.05) is 6.54 Å². The van der Waals surface area contributed by atoms with Gasteiger partial charge in [0.05, 0.1) is 6.20 Å². The van der Waals surface area contributed by atoms with Crippen LogP contribution in [-0.2, 0) is 4.79 Å². The Hall–Kier alpha value is -1.46. The van der Waals surface area contributed by atoms with Gasteiger partial charge in [0.25, 0.3) is 0 Å². The molecule has 0 saturated carbocycles. The second-order valence-electron chi connectivity index (χ2n) is 8.40. The van der Waals surface area contributed by atoms with Crippen molar-refractivity contribution in [1.29, 1.82) is 0 Å². The predicted molar refractivity (Wildman–Crippen MR) is 122 cm³/mol. The number of carbonyl (C=O) groups is 1. The van der Waals surface area contributed by atoms with Gasteiger partial charge in [0.15, 0.2) is 6.54 Å². The van der Waals surface area contributed by atoms with Crippen LogP contribution in [0.5, 0.6) is 0 Å². The SMILES string of the molecule is CCCCC/C=C/CCCCCCCCCCC1=NC=C[N+]1(CC(=O)O)C(C)N. The highest BCUT2D eigenvalue weighted by Crippen LogP contribution is 2.23. The number of carboxylic acids is 1. The number of hydrogen-bond acceptors (Lipinski definition) is 3. The van der Waals surface area contributed by atoms with Crippen molar-refractivity contribution in [2.24, 2.45) is 10.7 Å². The molecule has 1 aliphatic rings. The number of aliphatic imine (C=N–C) groups is 1. The van der Waals surface area contributed by atoms with Crippen molar-refractivity contribution in [3.8, 4) is 0 Å². The molecule has 0 spiro atoms. The Labute approximate surface area is 178 Å². The number of hydrogen-bond donors (Lipinski definition) is 2. The van der Waals surface area contributed by atoms with Gasteiger partial charge in [0.1, 0.15) is 12.4 Å². The van der Waals surface area contributed by atoms with E-state index in [2.05, 4.69) is 24.1 Å². The summed E-state index contributed by atoms with van der Waals surface area (Å²) in [5, 5.41) is 9.25. The van der Waals surface area contributed by atoms with Crippen LogP contribution in [0, 0.1) is 0 Å². The smallest absolute Gasteiger partial charge is 0.360 e. The highest BCUT2D eigenvalue weighted by atomic mass is 16.4. The van der Waals surface area contributed by atoms with E-state index in [4.69, 9.17) is 5.73 Å². The Morgan fingerprint density at radius 1 is 1.03 bits per heavy atom. The van der Waals surface area contributed by atoms with Crippen molar-refractivity contribution < 1.29 is 14.4 Å². The maximum absolute atomic E-state index is 11.3. The quantitative estimate of drug-likeness (QED) is 0.164. The van der Waals surface area contributed by atoms with E-state index >= 15 is 0 Å². The second-order valence-corrected chi connectivity index (χ2v) is 8.40. The lowest BCUT2D eigenvalue weighted by atomic mass is 10.1. The van der Waals surface area contributed by atoms with Gasteiger partial charge in [-0.1, -0.05) is 70.4 Å². The molecule has 0 aliphatic carbocycles. The third-order valence-electron chi connectivity index (χ3n) is 5.82. The standard InChI is InChI=1S/C24H43N3O2/c1-3-4-5-6-7-8-9-10-11-12-13-14-15-16-17-18-23-26-19-20-27(23,22(2)25)21-24(28)29/h7-8,19-20,22H,3-6,9-18,21,25H2,1-2H3/p+1/b8-7+. The Bertz CT molecular complexity index is 540. The van der Waals surface area contributed by atoms with Crippen molar-refractivity contribution in [3.63, 3.8) is 0 Å². The molecule has 1 heterocycles. The summed E-state index contributed by atoms with van der Waals surface area (Å²) < 4.78 is 0.169. The monoisotopic (exact) mass is 406 g/mol. The summed E-state index contributed by atoms with van der Waals surface area (Å²) in [5.74, 6) is 0.0543. The molecule has 0 aromatic carbocycles. The summed E-state index contributed by atoms with van der Waals surface area (Å²) in [6.45, 7) is 4.08. The molecule has 0 amide bonds. The predicted octanol–water partition coefficient (Wildman–Crippen LogP) is 6.11. The molecule has 29 heavy (non-hydrogen) atoms. The molecule has 1 rings (SSSR count). The maximum Gasteiger partial charge on any atom is 0.360 e. The molecule has 0 saturated heterocycles. The molecule has 2 unspecified atom stereocenters. The molecular formula is C24H44N3O2+. The second kappa shape index (κ2) is 15.4. The van der Waals surface area contributed by atoms with E-state index in [-0.39, 0.29) is 17.2 Å². The first-order chi connectivity index (χ1) is 14.0. The molecule has 2 atom stereocenters. The number of nitrogens with two attached hydrogens (primary N) is 1. The lowest BCUT2D eigenvalue weighted by Gasteiger charge is -2.34. The first kappa shape index (κ1) is 25.6. The van der Waals surface area contributed by atoms with Gasteiger partial charge in [-0.3, -0.25) is 5.73 Å². The van der Waals surface area contributed by atoms with E-state index in [0.29, 0.717) is 0 Å². The molecule has 166 valence electrons. The molecule has 0 fully saturated rings. The van der Waals surface area contributed by atoms with Crippen molar-refractivity contribution in [2.45, 2.75) is 110 Å². The minimum absolute atomic E-state index is 0.0269. The highest BCUT2D eigenvalue weighted by molar-refractivity contribution is 5.81. The fourth-order valence-electron chi connectivity index (χ4n) is 3.94. The minimum Gasteiger partial charge on any atom is -0.477 e. The summed E-state index contributed by atoms with van der Waals surface area (Å²) in [6, 6.07) is 0. The van der Waals surface area contributed by atoms with E-state index in [0.717, 1.165) is 18.7 Å². The van der Waals surface area contributed by atoms with E-state index < -0.39 is 5.97 Å². The van der Waals surface area contributed by atoms with Crippen LogP contribution in [-0.4, -0.2) is 34.1 Å². The van der Waals surface area contributed by atoms with E-state index in [9.17, 15) is 9.90 Å². The van der Waals surface area contributed by atoms with Crippen LogP contribution in [0.1, 0.15) is 104 Å². The Morgan fingerprint density at radius 2 is 1.59 bits per heavy atom. The van der Waals surface area contributed by atoms with Crippen LogP contribution < -0.4 is 5.73 Å². The van der Waals surface area contributed by atoms with Crippen LogP contribution in [0.15, 0.2) is 29.5 Å². The lowest BCUT2D eigenvalue weighted by molar-refractivity contribution is -0.805. The van der Waals surface area contributed by atoms with Gasteiger partial charge in [-0.2, -0.15) is 0 Å². The Kier molecular flexibility index (Phi) is 13.6. The van der Waals surface area contributed by atoms with Crippen molar-refractivity contribution in [3.05, 3.63) is 24.6 Å². The molecule has 5 nitrogen and oxygen atoms in total. The first-order valence-electron chi connectivity index (χ1n) is 11.8. The zero-order valence-corrected chi connectivity index (χ0v) is 18.8. The number of carboxylic acid groups (broad SMARTS) is 1. The largest absolute Gasteiger partial charge is 0.477 e. The highest BCUT2D eigenvalue weighted by Gasteiger charge is 2.40. The Morgan fingerprint density at radius 3 is 2.14 bits per heavy atom. The van der Waals surface area contributed by atoms with E-state index in [1.54, 1.807) is 6.20 Å². The molecule has 0 bridgehead atoms. The number of allylic oxidation sites excluding steroid dienone is 2. The third-order valence-corrected chi connectivity index (χ3v) is 5.82. The number of nitrogens with zero attached hydrogens (tertiary/aromatic N) is 2. The molecular weight excluding hydrogens is 362 g/mol. The fraction of sp³-hybridized carbons (Fsp3) is 0.750. The van der Waals surface area contributed by atoms with Gasteiger partial charge in [-0.05, 0) is 32.1 Å². The van der Waals surface area contributed by atoms with Crippen LogP contribution in [0.3, 0.4) is 0 Å². The number of amidine groups is 1. The van der Waals surface area contributed by atoms with E-state index in [1.807, 2.05) is 13.1 Å². The van der Waals surface area contributed by atoms with Gasteiger partial charge in [-0.25, -0.2) is 14.3 Å². The zero-order chi connectivity index (χ0) is 21.4. The number of rotatable bonds is 18. The van der Waals surface area contributed by atoms with Crippen LogP contribution in [0.2, 0.25) is 0 Å². The van der Waals surface area contributed by atoms with Gasteiger partial charge >= 0.3 is 5.97 Å². The Balaban J connectivity index is 2.04. The van der Waals surface area contributed by atoms with Crippen LogP contribution in [0.25, 0.3) is 0 Å². The van der Waals surface area contributed by atoms with Crippen LogP contribution >= 0.6 is 0 Å². The van der Waals surface area contributed by atoms with Gasteiger partial charge < -0.3 is 5.11 Å². The number of aliphatic carboxylic acids is 1. The average molecular weight is 407 g/mol. The topological polar surface area (TPSA) is 75.7 Å². The normalized spacial score (nSPS) is 19.8. The molecule has 3 N–H and O–H groups in total. The summed E-state index contributed by atoms with van der Waals surface area (Å²) in [7, 11) is 0. The summed E-state index contributed by atoms with van der Waals surface area (Å²) >= 11 is 0. The molecule has 0 aromatic rings. The minimum atomic E-state index is -0.839. The first-order valence-corrected chi connectivity index (χ1v) is 11.8. The average Bonchev–Trinajstić information content (AvgIpc) is 3.08. The van der Waals surface area contributed by atoms with Gasteiger partial charge in [0, 0.05) is 13.3 Å². The maximum atomic E-state index is 11.3. The number of unbranched alkanes of at least 4 members (excludes halogenated alkanes) is 11. The summed E-state index contributed by atoms with van der Waals surface area (Å²) in [6.07, 6.45) is 25.3. The molecule has 0 aromatic heterocycles. The van der Waals surface area contributed by atoms with Gasteiger partial charge in [0.2, 0.25) is 5.84 Å². The summed E-state index contributed by atoms with van der Waals surface area (Å²) in [4.78, 5) is 15.7. The van der Waals surface area contributed by atoms with Crippen LogP contribution in [0.4, 0.5) is 0 Å².